The molecule has 0 saturated heterocycles. The quantitative estimate of drug-likeness (QED) is 0.0209. The second-order valence-corrected chi connectivity index (χ2v) is 22.8. The molecule has 7 aromatic rings. The Balaban J connectivity index is 1.06. The van der Waals surface area contributed by atoms with Crippen molar-refractivity contribution in [3.8, 4) is 17.6 Å². The Morgan fingerprint density at radius 3 is 1.27 bits per heavy atom. The predicted molar refractivity (Wildman–Crippen MR) is 328 cm³/mol. The van der Waals surface area contributed by atoms with Gasteiger partial charge in [-0.2, -0.15) is 5.26 Å². The lowest BCUT2D eigenvalue weighted by Gasteiger charge is -2.36. The highest BCUT2D eigenvalue weighted by molar-refractivity contribution is 8.00. The van der Waals surface area contributed by atoms with E-state index in [1.165, 1.54) is 18.2 Å². The molecule has 0 aliphatic carbocycles. The molecule has 0 fully saturated rings. The minimum Gasteiger partial charge on any atom is -0.497 e. The van der Waals surface area contributed by atoms with Crippen LogP contribution in [-0.4, -0.2) is 93.9 Å². The molecule has 1 atom stereocenters. The van der Waals surface area contributed by atoms with Crippen LogP contribution in [0.1, 0.15) is 118 Å². The summed E-state index contributed by atoms with van der Waals surface area (Å²) in [5.74, 6) is 0.827. The van der Waals surface area contributed by atoms with E-state index in [9.17, 15) is 14.4 Å². The predicted octanol–water partition coefficient (Wildman–Crippen LogP) is 13.1. The third kappa shape index (κ3) is 16.2. The first-order valence-electron chi connectivity index (χ1n) is 27.9. The van der Waals surface area contributed by atoms with Crippen LogP contribution in [0.3, 0.4) is 0 Å². The molecule has 0 radical (unpaired) electrons. The van der Waals surface area contributed by atoms with Crippen LogP contribution in [0.15, 0.2) is 188 Å². The zero-order valence-electron chi connectivity index (χ0n) is 47.8. The average Bonchev–Trinajstić information content (AvgIpc) is 2.74. The highest BCUT2D eigenvalue weighted by atomic mass is 32.2. The molecule has 0 saturated carbocycles. The van der Waals surface area contributed by atoms with Gasteiger partial charge in [-0.25, -0.2) is 4.67 Å². The number of nitrogens with one attached hydrogen (secondary N) is 3. The van der Waals surface area contributed by atoms with Crippen molar-refractivity contribution in [1.29, 1.82) is 5.26 Å². The zero-order valence-corrected chi connectivity index (χ0v) is 49.6. The van der Waals surface area contributed by atoms with Crippen LogP contribution in [0, 0.1) is 11.3 Å². The molecule has 1 unspecified atom stereocenters. The topological polar surface area (TPSA) is 160 Å². The summed E-state index contributed by atoms with van der Waals surface area (Å²) in [6.07, 6.45) is 1.78. The minimum atomic E-state index is -1.45. The van der Waals surface area contributed by atoms with Gasteiger partial charge in [0.25, 0.3) is 26.2 Å². The van der Waals surface area contributed by atoms with E-state index in [1.54, 1.807) is 14.2 Å². The fraction of sp³-hybridized carbons (Fsp3) is 0.313. The summed E-state index contributed by atoms with van der Waals surface area (Å²) < 4.78 is 32.0. The summed E-state index contributed by atoms with van der Waals surface area (Å²) in [5.41, 5.74) is 5.61. The van der Waals surface area contributed by atoms with Crippen LogP contribution in [0.4, 0.5) is 0 Å². The molecule has 0 aliphatic heterocycles. The highest BCUT2D eigenvalue weighted by Crippen LogP contribution is 2.49. The Labute approximate surface area is 490 Å². The van der Waals surface area contributed by atoms with E-state index < -0.39 is 36.6 Å². The Kier molecular flexibility index (Phi) is 24.1. The number of hydrogen-bond donors (Lipinski definition) is 3. The van der Waals surface area contributed by atoms with E-state index in [-0.39, 0.29) is 61.5 Å². The number of nitriles is 1. The number of rotatable bonds is 32. The number of carbonyl (C=O) groups excluding carboxylic acids is 3. The van der Waals surface area contributed by atoms with Crippen molar-refractivity contribution in [2.24, 2.45) is 0 Å². The Hall–Kier alpha value is -7.34. The van der Waals surface area contributed by atoms with Gasteiger partial charge in [0.2, 0.25) is 0 Å². The van der Waals surface area contributed by atoms with Crippen LogP contribution in [0.2, 0.25) is 0 Å². The van der Waals surface area contributed by atoms with Gasteiger partial charge < -0.3 is 39.2 Å². The molecule has 0 heterocycles. The van der Waals surface area contributed by atoms with Crippen molar-refractivity contribution in [1.82, 2.24) is 20.6 Å². The first kappa shape index (κ1) is 62.3. The fourth-order valence-corrected chi connectivity index (χ4v) is 13.0. The average molecular weight is 1140 g/mol. The molecule has 82 heavy (non-hydrogen) atoms. The summed E-state index contributed by atoms with van der Waals surface area (Å²) >= 11 is 1.82. The van der Waals surface area contributed by atoms with Gasteiger partial charge in [-0.15, -0.1) is 11.8 Å². The first-order valence-corrected chi connectivity index (χ1v) is 30.1. The number of benzene rings is 7. The van der Waals surface area contributed by atoms with E-state index in [0.717, 1.165) is 33.4 Å². The molecule has 3 amide bonds. The Morgan fingerprint density at radius 2 is 0.878 bits per heavy atom. The molecule has 7 aromatic carbocycles. The van der Waals surface area contributed by atoms with Crippen molar-refractivity contribution in [3.63, 3.8) is 0 Å². The van der Waals surface area contributed by atoms with E-state index in [0.29, 0.717) is 49.7 Å². The molecule has 0 aliphatic rings. The SMILES string of the molecule is COc1ccc(C(OCCCNC(=O)c2cc(C(=O)NCCCOP(OCCC#N)N(C(C)C)C(C)C)cc(C(=O)NCCCSC(c3ccccc3)(c3ccccc3)c3ccccc3)c2)(c2ccccc2)c2ccc(OC)cc2)cc1. The lowest BCUT2D eigenvalue weighted by molar-refractivity contribution is 0.0117. The van der Waals surface area contributed by atoms with E-state index >= 15 is 0 Å². The van der Waals surface area contributed by atoms with Crippen molar-refractivity contribution in [2.45, 2.75) is 75.8 Å². The Bertz CT molecular complexity index is 2960. The maximum atomic E-state index is 14.2. The number of thioether (sulfide) groups is 1. The summed E-state index contributed by atoms with van der Waals surface area (Å²) in [4.78, 5) is 42.4. The van der Waals surface area contributed by atoms with Gasteiger partial charge >= 0.3 is 0 Å². The number of hydrogen-bond acceptors (Lipinski definition) is 11. The van der Waals surface area contributed by atoms with Crippen LogP contribution in [0.25, 0.3) is 0 Å². The number of carbonyl (C=O) groups is 3. The fourth-order valence-electron chi connectivity index (χ4n) is 9.90. The monoisotopic (exact) mass is 1140 g/mol. The molecule has 3 N–H and O–H groups in total. The van der Waals surface area contributed by atoms with Gasteiger partial charge in [0.15, 0.2) is 0 Å². The summed E-state index contributed by atoms with van der Waals surface area (Å²) in [6, 6.07) is 64.1. The zero-order chi connectivity index (χ0) is 58.2. The molecule has 0 spiro atoms. The standard InChI is InChI=1S/C67H76N5O8PS/c1-50(2)72(51(3)4)81(79-44-19-39-68)80-45-21-41-70-64(74)53-47-52(48-54(49-53)65(75)71-42-22-46-82-67(58-25-13-8-14-26-58,59-27-15-9-16-28-59)60-29-17-10-18-30-60)63(73)69-40-20-43-78-66(55-23-11-7-12-24-55,56-31-35-61(76-5)36-32-56)57-33-37-62(77-6)38-34-57/h7-18,23-38,47-51H,19-22,40-46H2,1-6H3,(H,69,73)(H,70,74)(H,71,75). The molecular formula is C67H76N5O8PS. The molecule has 0 bridgehead atoms. The lowest BCUT2D eigenvalue weighted by atomic mass is 9.80. The van der Waals surface area contributed by atoms with Crippen molar-refractivity contribution in [3.05, 3.63) is 238 Å². The summed E-state index contributed by atoms with van der Waals surface area (Å²) in [7, 11) is 1.82. The van der Waals surface area contributed by atoms with Crippen LogP contribution in [-0.2, 0) is 24.1 Å². The lowest BCUT2D eigenvalue weighted by Crippen LogP contribution is -2.34. The molecule has 428 valence electrons. The number of amides is 3. The second kappa shape index (κ2) is 31.8. The van der Waals surface area contributed by atoms with Crippen LogP contribution >= 0.6 is 20.3 Å². The summed E-state index contributed by atoms with van der Waals surface area (Å²) in [5, 5.41) is 18.2. The minimum absolute atomic E-state index is 0.142. The van der Waals surface area contributed by atoms with Gasteiger partial charge in [-0.05, 0) is 129 Å². The maximum absolute atomic E-state index is 14.2. The maximum Gasteiger partial charge on any atom is 0.259 e. The largest absolute Gasteiger partial charge is 0.497 e. The molecule has 13 nitrogen and oxygen atoms in total. The highest BCUT2D eigenvalue weighted by Gasteiger charge is 2.39. The molecule has 7 rings (SSSR count). The van der Waals surface area contributed by atoms with Gasteiger partial charge in [0, 0.05) is 48.4 Å². The van der Waals surface area contributed by atoms with Crippen molar-refractivity contribution >= 4 is 38.0 Å². The molecule has 15 heteroatoms. The Morgan fingerprint density at radius 1 is 0.512 bits per heavy atom. The summed E-state index contributed by atoms with van der Waals surface area (Å²) in [6.45, 7) is 9.93. The van der Waals surface area contributed by atoms with E-state index in [2.05, 4.69) is 127 Å². The number of nitrogens with zero attached hydrogens (tertiary/aromatic N) is 2. The van der Waals surface area contributed by atoms with Gasteiger partial charge in [-0.3, -0.25) is 14.4 Å². The van der Waals surface area contributed by atoms with Gasteiger partial charge in [0.05, 0.1) is 51.3 Å². The molecule has 0 aromatic heterocycles. The smallest absolute Gasteiger partial charge is 0.259 e. The molecular weight excluding hydrogens is 1070 g/mol. The van der Waals surface area contributed by atoms with Crippen molar-refractivity contribution < 1.29 is 37.6 Å². The van der Waals surface area contributed by atoms with E-state index in [4.69, 9.17) is 28.5 Å². The third-order valence-electron chi connectivity index (χ3n) is 13.8. The normalized spacial score (nSPS) is 12.0. The van der Waals surface area contributed by atoms with Gasteiger partial charge in [-0.1, -0.05) is 146 Å². The first-order chi connectivity index (χ1) is 39.9. The van der Waals surface area contributed by atoms with Gasteiger partial charge in [0.1, 0.15) is 17.1 Å². The van der Waals surface area contributed by atoms with Crippen LogP contribution in [0.5, 0.6) is 11.5 Å². The number of methoxy groups -OCH3 is 2. The third-order valence-corrected chi connectivity index (χ3v) is 17.5. The van der Waals surface area contributed by atoms with Crippen LogP contribution < -0.4 is 25.4 Å². The number of ether oxygens (including phenoxy) is 3. The van der Waals surface area contributed by atoms with Crippen molar-refractivity contribution in [2.75, 3.05) is 59.4 Å². The van der Waals surface area contributed by atoms with E-state index in [1.807, 2.05) is 109 Å². The second-order valence-electron chi connectivity index (χ2n) is 20.0.